The fourth-order valence-corrected chi connectivity index (χ4v) is 3.10. The number of rotatable bonds is 7. The minimum absolute atomic E-state index is 0.00199. The average molecular weight is 296 g/mol. The Kier molecular flexibility index (Phi) is 5.83. The zero-order chi connectivity index (χ0) is 16.3. The van der Waals surface area contributed by atoms with E-state index in [1.807, 2.05) is 32.6 Å². The Hall–Kier alpha value is -1.06. The van der Waals surface area contributed by atoms with Gasteiger partial charge in [0.25, 0.3) is 0 Å². The van der Waals surface area contributed by atoms with Crippen LogP contribution in [-0.4, -0.2) is 34.3 Å². The van der Waals surface area contributed by atoms with Crippen molar-refractivity contribution in [3.05, 3.63) is 0 Å². The highest BCUT2D eigenvalue weighted by Gasteiger charge is 2.53. The zero-order valence-corrected chi connectivity index (χ0v) is 14.6. The van der Waals surface area contributed by atoms with Gasteiger partial charge in [-0.05, 0) is 44.9 Å². The van der Waals surface area contributed by atoms with Crippen LogP contribution >= 0.6 is 0 Å². The molecular weight excluding hydrogens is 264 g/mol. The molecule has 1 N–H and O–H groups in total. The molecule has 0 spiro atoms. The molecule has 0 aliphatic carbocycles. The van der Waals surface area contributed by atoms with Gasteiger partial charge in [0.2, 0.25) is 11.8 Å². The lowest BCUT2D eigenvalue weighted by atomic mass is 9.81. The molecule has 21 heavy (non-hydrogen) atoms. The second-order valence-corrected chi connectivity index (χ2v) is 6.86. The molecule has 0 aromatic carbocycles. The van der Waals surface area contributed by atoms with Gasteiger partial charge in [0.05, 0.1) is 0 Å². The molecule has 0 saturated carbocycles. The van der Waals surface area contributed by atoms with Gasteiger partial charge in [0.1, 0.15) is 11.1 Å². The summed E-state index contributed by atoms with van der Waals surface area (Å²) in [6.07, 6.45) is 3.98. The largest absolute Gasteiger partial charge is 0.340 e. The van der Waals surface area contributed by atoms with Gasteiger partial charge in [-0.1, -0.05) is 34.6 Å². The van der Waals surface area contributed by atoms with Crippen LogP contribution in [0.15, 0.2) is 0 Å². The van der Waals surface area contributed by atoms with Crippen molar-refractivity contribution in [1.82, 2.24) is 10.2 Å². The first-order chi connectivity index (χ1) is 9.77. The molecule has 1 heterocycles. The summed E-state index contributed by atoms with van der Waals surface area (Å²) in [5.41, 5.74) is -1.41. The van der Waals surface area contributed by atoms with E-state index in [4.69, 9.17) is 0 Å². The summed E-state index contributed by atoms with van der Waals surface area (Å²) in [7, 11) is 0. The van der Waals surface area contributed by atoms with Crippen molar-refractivity contribution >= 4 is 11.8 Å². The fraction of sp³-hybridized carbons (Fsp3) is 0.882. The Morgan fingerprint density at radius 3 is 2.10 bits per heavy atom. The number of nitrogens with zero attached hydrogens (tertiary/aromatic N) is 1. The molecule has 122 valence electrons. The normalized spacial score (nSPS) is 25.4. The van der Waals surface area contributed by atoms with Gasteiger partial charge in [-0.25, -0.2) is 0 Å². The molecule has 1 rings (SSSR count). The van der Waals surface area contributed by atoms with Crippen LogP contribution in [0.25, 0.3) is 0 Å². The number of hydrogen-bond donors (Lipinski definition) is 1. The van der Waals surface area contributed by atoms with E-state index in [0.717, 1.165) is 12.8 Å². The van der Waals surface area contributed by atoms with E-state index in [-0.39, 0.29) is 11.8 Å². The lowest BCUT2D eigenvalue weighted by Crippen LogP contribution is -2.74. The van der Waals surface area contributed by atoms with E-state index in [2.05, 4.69) is 19.2 Å². The maximum Gasteiger partial charge on any atom is 0.249 e. The van der Waals surface area contributed by atoms with E-state index in [1.54, 1.807) is 0 Å². The minimum atomic E-state index is -0.706. The quantitative estimate of drug-likeness (QED) is 0.785. The van der Waals surface area contributed by atoms with Gasteiger partial charge >= 0.3 is 0 Å². The molecule has 2 amide bonds. The maximum absolute atomic E-state index is 13.0. The number of hydrogen-bond acceptors (Lipinski definition) is 2. The first-order valence-corrected chi connectivity index (χ1v) is 8.42. The highest BCUT2D eigenvalue weighted by Crippen LogP contribution is 2.32. The van der Waals surface area contributed by atoms with E-state index in [9.17, 15) is 9.59 Å². The molecule has 0 radical (unpaired) electrons. The predicted molar refractivity (Wildman–Crippen MR) is 85.9 cm³/mol. The van der Waals surface area contributed by atoms with E-state index < -0.39 is 11.1 Å². The minimum Gasteiger partial charge on any atom is -0.340 e. The van der Waals surface area contributed by atoms with Crippen molar-refractivity contribution in [2.24, 2.45) is 5.92 Å². The van der Waals surface area contributed by atoms with Gasteiger partial charge in [-0.2, -0.15) is 0 Å². The smallest absolute Gasteiger partial charge is 0.249 e. The summed E-state index contributed by atoms with van der Waals surface area (Å²) in [5, 5.41) is 3.02. The molecule has 4 heteroatoms. The van der Waals surface area contributed by atoms with E-state index in [0.29, 0.717) is 31.7 Å². The maximum atomic E-state index is 13.0. The van der Waals surface area contributed by atoms with Crippen molar-refractivity contribution in [3.8, 4) is 0 Å². The Morgan fingerprint density at radius 1 is 1.10 bits per heavy atom. The molecule has 0 aromatic rings. The van der Waals surface area contributed by atoms with Crippen molar-refractivity contribution in [2.45, 2.75) is 84.7 Å². The molecule has 0 bridgehead atoms. The molecule has 1 fully saturated rings. The summed E-state index contributed by atoms with van der Waals surface area (Å²) in [5.74, 6) is 0.715. The highest BCUT2D eigenvalue weighted by molar-refractivity contribution is 6.02. The molecule has 1 aliphatic heterocycles. The Labute approximate surface area is 129 Å². The summed E-state index contributed by atoms with van der Waals surface area (Å²) in [4.78, 5) is 27.5. The Bertz CT molecular complexity index is 388. The monoisotopic (exact) mass is 296 g/mol. The second kappa shape index (κ2) is 6.80. The predicted octanol–water partition coefficient (Wildman–Crippen LogP) is 3.11. The molecule has 0 aromatic heterocycles. The lowest BCUT2D eigenvalue weighted by molar-refractivity contribution is -0.163. The van der Waals surface area contributed by atoms with E-state index >= 15 is 0 Å². The van der Waals surface area contributed by atoms with Crippen LogP contribution in [0, 0.1) is 5.92 Å². The van der Waals surface area contributed by atoms with Crippen molar-refractivity contribution < 1.29 is 9.59 Å². The van der Waals surface area contributed by atoms with Crippen LogP contribution in [-0.2, 0) is 9.59 Å². The van der Waals surface area contributed by atoms with Crippen LogP contribution in [0.4, 0.5) is 0 Å². The van der Waals surface area contributed by atoms with Gasteiger partial charge in [0, 0.05) is 6.54 Å². The third kappa shape index (κ3) is 3.24. The van der Waals surface area contributed by atoms with Gasteiger partial charge in [-0.3, -0.25) is 9.59 Å². The lowest BCUT2D eigenvalue weighted by Gasteiger charge is -2.51. The molecule has 1 saturated heterocycles. The van der Waals surface area contributed by atoms with Crippen molar-refractivity contribution in [1.29, 1.82) is 0 Å². The first kappa shape index (κ1) is 18.0. The van der Waals surface area contributed by atoms with Crippen LogP contribution < -0.4 is 5.32 Å². The van der Waals surface area contributed by atoms with Crippen LogP contribution in [0.3, 0.4) is 0 Å². The summed E-state index contributed by atoms with van der Waals surface area (Å²) < 4.78 is 0. The zero-order valence-electron chi connectivity index (χ0n) is 14.6. The second-order valence-electron chi connectivity index (χ2n) is 6.86. The molecule has 1 unspecified atom stereocenters. The summed E-state index contributed by atoms with van der Waals surface area (Å²) >= 11 is 0. The number of nitrogens with one attached hydrogen (secondary N) is 1. The molecule has 4 nitrogen and oxygen atoms in total. The third-order valence-corrected chi connectivity index (χ3v) is 5.15. The SMILES string of the molecule is CCC1(CC)NC(=O)C(C)(CC)N(CCCC(C)C)C1=O. The topological polar surface area (TPSA) is 49.4 Å². The van der Waals surface area contributed by atoms with Gasteiger partial charge < -0.3 is 10.2 Å². The standard InChI is InChI=1S/C17H32N2O2/c1-7-16(6)14(20)18-17(8-2,9-3)15(21)19(16)12-10-11-13(4)5/h13H,7-12H2,1-6H3,(H,18,20). The number of piperazine rings is 1. The summed E-state index contributed by atoms with van der Waals surface area (Å²) in [6.45, 7) is 12.9. The van der Waals surface area contributed by atoms with Gasteiger partial charge in [-0.15, -0.1) is 0 Å². The third-order valence-electron chi connectivity index (χ3n) is 5.15. The van der Waals surface area contributed by atoms with Crippen LogP contribution in [0.2, 0.25) is 0 Å². The number of amides is 2. The Morgan fingerprint density at radius 2 is 1.67 bits per heavy atom. The Balaban J connectivity index is 3.04. The summed E-state index contributed by atoms with van der Waals surface area (Å²) in [6, 6.07) is 0. The van der Waals surface area contributed by atoms with Gasteiger partial charge in [0.15, 0.2) is 0 Å². The van der Waals surface area contributed by atoms with Crippen LogP contribution in [0.5, 0.6) is 0 Å². The van der Waals surface area contributed by atoms with Crippen molar-refractivity contribution in [2.75, 3.05) is 6.54 Å². The highest BCUT2D eigenvalue weighted by atomic mass is 16.2. The fourth-order valence-electron chi connectivity index (χ4n) is 3.10. The molecule has 1 aliphatic rings. The number of carbonyl (C=O) groups is 2. The molecular formula is C17H32N2O2. The van der Waals surface area contributed by atoms with E-state index in [1.165, 1.54) is 0 Å². The molecule has 1 atom stereocenters. The first-order valence-electron chi connectivity index (χ1n) is 8.42. The average Bonchev–Trinajstić information content (AvgIpc) is 2.46. The van der Waals surface area contributed by atoms with Crippen LogP contribution in [0.1, 0.15) is 73.6 Å². The van der Waals surface area contributed by atoms with Crippen molar-refractivity contribution in [3.63, 3.8) is 0 Å². The number of carbonyl (C=O) groups excluding carboxylic acids is 2.